The number of halogens is 1. The number of hydrogen-bond donors (Lipinski definition) is 2. The molecule has 0 radical (unpaired) electrons. The molecule has 0 aliphatic heterocycles. The summed E-state index contributed by atoms with van der Waals surface area (Å²) in [5, 5.41) is 2.76. The van der Waals surface area contributed by atoms with E-state index in [0.717, 1.165) is 10.0 Å². The number of pyridine rings is 1. The van der Waals surface area contributed by atoms with Crippen molar-refractivity contribution in [1.82, 2.24) is 4.98 Å². The van der Waals surface area contributed by atoms with Crippen molar-refractivity contribution < 1.29 is 9.53 Å². The number of amides is 1. The van der Waals surface area contributed by atoms with E-state index in [2.05, 4.69) is 26.2 Å². The molecule has 0 aliphatic rings. The van der Waals surface area contributed by atoms with Gasteiger partial charge in [-0.2, -0.15) is 0 Å². The second-order valence-electron chi connectivity index (χ2n) is 4.25. The first-order valence-electron chi connectivity index (χ1n) is 5.94. The Kier molecular flexibility index (Phi) is 4.57. The first kappa shape index (κ1) is 14.3. The summed E-state index contributed by atoms with van der Waals surface area (Å²) in [4.78, 5) is 15.8. The predicted molar refractivity (Wildman–Crippen MR) is 81.7 cm³/mol. The number of ether oxygens (including phenoxy) is 1. The maximum Gasteiger partial charge on any atom is 0.262 e. The zero-order valence-corrected chi connectivity index (χ0v) is 12.5. The average Bonchev–Trinajstić information content (AvgIpc) is 2.41. The van der Waals surface area contributed by atoms with Crippen LogP contribution in [-0.4, -0.2) is 17.5 Å². The van der Waals surface area contributed by atoms with Crippen molar-refractivity contribution >= 4 is 33.2 Å². The number of carbonyl (C=O) groups is 1. The van der Waals surface area contributed by atoms with Gasteiger partial charge in [-0.05, 0) is 46.6 Å². The molecular weight excluding hydrogens is 322 g/mol. The highest BCUT2D eigenvalue weighted by Gasteiger charge is 2.06. The molecule has 6 heteroatoms. The van der Waals surface area contributed by atoms with E-state index >= 15 is 0 Å². The number of hydrogen-bond acceptors (Lipinski definition) is 4. The fourth-order valence-corrected chi connectivity index (χ4v) is 1.92. The minimum atomic E-state index is -0.251. The van der Waals surface area contributed by atoms with Crippen LogP contribution in [0.2, 0.25) is 0 Å². The van der Waals surface area contributed by atoms with Gasteiger partial charge in [0.15, 0.2) is 6.61 Å². The van der Waals surface area contributed by atoms with Gasteiger partial charge in [0, 0.05) is 22.0 Å². The van der Waals surface area contributed by atoms with Crippen LogP contribution < -0.4 is 15.8 Å². The molecule has 3 N–H and O–H groups in total. The summed E-state index contributed by atoms with van der Waals surface area (Å²) in [6, 6.07) is 7.10. The standard InChI is InChI=1S/C14H14BrN3O2/c1-9-2-3-11(16)5-13(9)18-14(19)8-20-12-4-10(15)6-17-7-12/h2-7H,8,16H2,1H3,(H,18,19). The molecule has 104 valence electrons. The number of carbonyl (C=O) groups excluding carboxylic acids is 1. The van der Waals surface area contributed by atoms with Crippen molar-refractivity contribution in [2.24, 2.45) is 0 Å². The summed E-state index contributed by atoms with van der Waals surface area (Å²) < 4.78 is 6.15. The molecule has 0 atom stereocenters. The summed E-state index contributed by atoms with van der Waals surface area (Å²) in [6.07, 6.45) is 3.19. The minimum Gasteiger partial charge on any atom is -0.482 e. The highest BCUT2D eigenvalue weighted by atomic mass is 79.9. The zero-order chi connectivity index (χ0) is 14.5. The van der Waals surface area contributed by atoms with Gasteiger partial charge in [0.2, 0.25) is 0 Å². The van der Waals surface area contributed by atoms with Crippen molar-refractivity contribution in [2.75, 3.05) is 17.7 Å². The molecule has 0 fully saturated rings. The zero-order valence-electron chi connectivity index (χ0n) is 10.9. The Morgan fingerprint density at radius 3 is 2.95 bits per heavy atom. The highest BCUT2D eigenvalue weighted by molar-refractivity contribution is 9.10. The van der Waals surface area contributed by atoms with Gasteiger partial charge in [-0.25, -0.2) is 0 Å². The first-order valence-corrected chi connectivity index (χ1v) is 6.73. The van der Waals surface area contributed by atoms with Crippen molar-refractivity contribution in [3.05, 3.63) is 46.7 Å². The summed E-state index contributed by atoms with van der Waals surface area (Å²) in [5.41, 5.74) is 7.92. The summed E-state index contributed by atoms with van der Waals surface area (Å²) in [6.45, 7) is 1.81. The first-order chi connectivity index (χ1) is 9.54. The van der Waals surface area contributed by atoms with Gasteiger partial charge in [-0.1, -0.05) is 6.07 Å². The predicted octanol–water partition coefficient (Wildman–Crippen LogP) is 2.75. The van der Waals surface area contributed by atoms with E-state index in [1.54, 1.807) is 30.6 Å². The summed E-state index contributed by atoms with van der Waals surface area (Å²) >= 11 is 3.28. The van der Waals surface area contributed by atoms with Crippen LogP contribution in [0, 0.1) is 6.92 Å². The summed E-state index contributed by atoms with van der Waals surface area (Å²) in [7, 11) is 0. The second kappa shape index (κ2) is 6.38. The van der Waals surface area contributed by atoms with E-state index in [9.17, 15) is 4.79 Å². The normalized spacial score (nSPS) is 10.1. The number of anilines is 2. The van der Waals surface area contributed by atoms with E-state index in [-0.39, 0.29) is 12.5 Å². The van der Waals surface area contributed by atoms with E-state index in [1.165, 1.54) is 0 Å². The number of aromatic nitrogens is 1. The topological polar surface area (TPSA) is 77.2 Å². The maximum absolute atomic E-state index is 11.8. The molecular formula is C14H14BrN3O2. The molecule has 1 amide bonds. The Morgan fingerprint density at radius 2 is 2.20 bits per heavy atom. The lowest BCUT2D eigenvalue weighted by molar-refractivity contribution is -0.118. The van der Waals surface area contributed by atoms with Gasteiger partial charge in [-0.3, -0.25) is 9.78 Å². The molecule has 1 aromatic heterocycles. The minimum absolute atomic E-state index is 0.0909. The van der Waals surface area contributed by atoms with Crippen LogP contribution >= 0.6 is 15.9 Å². The summed E-state index contributed by atoms with van der Waals surface area (Å²) in [5.74, 6) is 0.275. The Hall–Kier alpha value is -2.08. The van der Waals surface area contributed by atoms with Gasteiger partial charge in [0.05, 0.1) is 6.20 Å². The lowest BCUT2D eigenvalue weighted by Crippen LogP contribution is -2.20. The van der Waals surface area contributed by atoms with Gasteiger partial charge in [0.1, 0.15) is 5.75 Å². The highest BCUT2D eigenvalue weighted by Crippen LogP contribution is 2.18. The monoisotopic (exact) mass is 335 g/mol. The van der Waals surface area contributed by atoms with E-state index in [0.29, 0.717) is 17.1 Å². The van der Waals surface area contributed by atoms with Crippen molar-refractivity contribution in [3.8, 4) is 5.75 Å². The third-order valence-electron chi connectivity index (χ3n) is 2.59. The van der Waals surface area contributed by atoms with E-state index in [1.807, 2.05) is 13.0 Å². The molecule has 0 saturated heterocycles. The SMILES string of the molecule is Cc1ccc(N)cc1NC(=O)COc1cncc(Br)c1. The molecule has 2 rings (SSSR count). The van der Waals surface area contributed by atoms with Gasteiger partial charge >= 0.3 is 0 Å². The number of benzene rings is 1. The Morgan fingerprint density at radius 1 is 1.40 bits per heavy atom. The van der Waals surface area contributed by atoms with Crippen LogP contribution in [0.1, 0.15) is 5.56 Å². The van der Waals surface area contributed by atoms with Crippen LogP contribution in [0.5, 0.6) is 5.75 Å². The van der Waals surface area contributed by atoms with Crippen LogP contribution in [0.15, 0.2) is 41.1 Å². The largest absolute Gasteiger partial charge is 0.482 e. The Balaban J connectivity index is 1.94. The van der Waals surface area contributed by atoms with Crippen molar-refractivity contribution in [2.45, 2.75) is 6.92 Å². The fraction of sp³-hybridized carbons (Fsp3) is 0.143. The third kappa shape index (κ3) is 3.96. The maximum atomic E-state index is 11.8. The number of rotatable bonds is 4. The number of nitrogens with one attached hydrogen (secondary N) is 1. The van der Waals surface area contributed by atoms with Crippen LogP contribution in [0.25, 0.3) is 0 Å². The average molecular weight is 336 g/mol. The Bertz CT molecular complexity index is 632. The smallest absolute Gasteiger partial charge is 0.262 e. The van der Waals surface area contributed by atoms with Crippen molar-refractivity contribution in [1.29, 1.82) is 0 Å². The molecule has 0 unspecified atom stereocenters. The van der Waals surface area contributed by atoms with Gasteiger partial charge in [0.25, 0.3) is 5.91 Å². The second-order valence-corrected chi connectivity index (χ2v) is 5.17. The van der Waals surface area contributed by atoms with Crippen LogP contribution in [0.4, 0.5) is 11.4 Å². The molecule has 1 aromatic carbocycles. The Labute approximate surface area is 125 Å². The van der Waals surface area contributed by atoms with Crippen LogP contribution in [0.3, 0.4) is 0 Å². The molecule has 5 nitrogen and oxygen atoms in total. The molecule has 0 bridgehead atoms. The van der Waals surface area contributed by atoms with Crippen LogP contribution in [-0.2, 0) is 4.79 Å². The third-order valence-corrected chi connectivity index (χ3v) is 3.02. The number of nitrogens with two attached hydrogens (primary N) is 1. The lowest BCUT2D eigenvalue weighted by Gasteiger charge is -2.10. The van der Waals surface area contributed by atoms with E-state index < -0.39 is 0 Å². The number of nitrogens with zero attached hydrogens (tertiary/aromatic N) is 1. The quantitative estimate of drug-likeness (QED) is 0.842. The molecule has 20 heavy (non-hydrogen) atoms. The van der Waals surface area contributed by atoms with Crippen molar-refractivity contribution in [3.63, 3.8) is 0 Å². The van der Waals surface area contributed by atoms with Gasteiger partial charge < -0.3 is 15.8 Å². The molecule has 0 aliphatic carbocycles. The number of nitrogen functional groups attached to an aromatic ring is 1. The lowest BCUT2D eigenvalue weighted by atomic mass is 10.2. The molecule has 1 heterocycles. The number of aryl methyl sites for hydroxylation is 1. The molecule has 0 spiro atoms. The molecule has 0 saturated carbocycles. The molecule has 2 aromatic rings. The van der Waals surface area contributed by atoms with Gasteiger partial charge in [-0.15, -0.1) is 0 Å². The van der Waals surface area contributed by atoms with E-state index in [4.69, 9.17) is 10.5 Å². The fourth-order valence-electron chi connectivity index (χ4n) is 1.58.